The normalized spacial score (nSPS) is 12.0. The highest BCUT2D eigenvalue weighted by atomic mass is 32.2. The van der Waals surface area contributed by atoms with Gasteiger partial charge in [0.15, 0.2) is 16.8 Å². The van der Waals surface area contributed by atoms with E-state index in [1.807, 2.05) is 69.3 Å². The van der Waals surface area contributed by atoms with Crippen LogP contribution in [0.4, 0.5) is 0 Å². The van der Waals surface area contributed by atoms with Crippen LogP contribution in [-0.2, 0) is 6.54 Å². The molecule has 0 fully saturated rings. The van der Waals surface area contributed by atoms with Gasteiger partial charge < -0.3 is 0 Å². The third kappa shape index (κ3) is 4.75. The Kier molecular flexibility index (Phi) is 6.28. The van der Waals surface area contributed by atoms with Gasteiger partial charge in [-0.3, -0.25) is 14.3 Å². The number of rotatable bonds is 7. The first-order valence-corrected chi connectivity index (χ1v) is 11.1. The molecule has 6 heteroatoms. The minimum absolute atomic E-state index is 0.100. The van der Waals surface area contributed by atoms with Crippen molar-refractivity contribution >= 4 is 17.5 Å². The number of ketones is 1. The zero-order chi connectivity index (χ0) is 21.8. The molecule has 156 valence electrons. The van der Waals surface area contributed by atoms with Crippen LogP contribution < -0.4 is 0 Å². The summed E-state index contributed by atoms with van der Waals surface area (Å²) in [4.78, 5) is 17.4. The highest BCUT2D eigenvalue weighted by Crippen LogP contribution is 2.29. The Morgan fingerprint density at radius 1 is 1.03 bits per heavy atom. The van der Waals surface area contributed by atoms with Crippen LogP contribution in [0.15, 0.2) is 78.2 Å². The molecule has 0 aliphatic rings. The Morgan fingerprint density at radius 2 is 1.84 bits per heavy atom. The zero-order valence-corrected chi connectivity index (χ0v) is 18.6. The lowest BCUT2D eigenvalue weighted by Crippen LogP contribution is -2.16. The SMILES string of the molecule is Cc1ccc(C)c(C(=O)C(C)Sc2nnc(-c3cccnc3)n2Cc2ccccc2)c1. The third-order valence-electron chi connectivity index (χ3n) is 5.13. The summed E-state index contributed by atoms with van der Waals surface area (Å²) in [5, 5.41) is 9.31. The summed E-state index contributed by atoms with van der Waals surface area (Å²) < 4.78 is 2.06. The average Bonchev–Trinajstić information content (AvgIpc) is 3.18. The number of hydrogen-bond acceptors (Lipinski definition) is 5. The molecule has 31 heavy (non-hydrogen) atoms. The van der Waals surface area contributed by atoms with E-state index >= 15 is 0 Å². The van der Waals surface area contributed by atoms with E-state index in [-0.39, 0.29) is 11.0 Å². The molecule has 2 aromatic heterocycles. The van der Waals surface area contributed by atoms with Gasteiger partial charge in [-0.2, -0.15) is 0 Å². The van der Waals surface area contributed by atoms with E-state index in [2.05, 4.69) is 31.9 Å². The van der Waals surface area contributed by atoms with E-state index in [0.29, 0.717) is 11.7 Å². The fourth-order valence-corrected chi connectivity index (χ4v) is 4.34. The van der Waals surface area contributed by atoms with E-state index in [1.54, 1.807) is 12.4 Å². The van der Waals surface area contributed by atoms with Crippen LogP contribution in [0.5, 0.6) is 0 Å². The number of carbonyl (C=O) groups excluding carboxylic acids is 1. The molecule has 0 aliphatic carbocycles. The molecular weight excluding hydrogens is 404 g/mol. The molecule has 2 aromatic carbocycles. The van der Waals surface area contributed by atoms with Crippen molar-refractivity contribution in [3.63, 3.8) is 0 Å². The lowest BCUT2D eigenvalue weighted by atomic mass is 10.0. The Balaban J connectivity index is 1.67. The number of benzene rings is 2. The number of carbonyl (C=O) groups is 1. The van der Waals surface area contributed by atoms with E-state index in [1.165, 1.54) is 11.8 Å². The molecule has 2 heterocycles. The van der Waals surface area contributed by atoms with Gasteiger partial charge in [0.1, 0.15) is 0 Å². The molecule has 5 nitrogen and oxygen atoms in total. The van der Waals surface area contributed by atoms with Crippen LogP contribution in [0.2, 0.25) is 0 Å². The highest BCUT2D eigenvalue weighted by molar-refractivity contribution is 8.00. The summed E-state index contributed by atoms with van der Waals surface area (Å²) in [6.07, 6.45) is 3.52. The summed E-state index contributed by atoms with van der Waals surface area (Å²) in [5.41, 5.74) is 4.87. The summed E-state index contributed by atoms with van der Waals surface area (Å²) in [6.45, 7) is 6.53. The number of Topliss-reactive ketones (excluding diaryl/α,β-unsaturated/α-hetero) is 1. The second-order valence-electron chi connectivity index (χ2n) is 7.56. The Bertz CT molecular complexity index is 1190. The van der Waals surface area contributed by atoms with Crippen molar-refractivity contribution < 1.29 is 4.79 Å². The van der Waals surface area contributed by atoms with E-state index in [4.69, 9.17) is 0 Å². The van der Waals surface area contributed by atoms with Gasteiger partial charge in [-0.25, -0.2) is 0 Å². The van der Waals surface area contributed by atoms with Crippen molar-refractivity contribution in [3.05, 3.63) is 95.3 Å². The number of nitrogens with zero attached hydrogens (tertiary/aromatic N) is 4. The van der Waals surface area contributed by atoms with Crippen molar-refractivity contribution in [1.29, 1.82) is 0 Å². The molecule has 1 atom stereocenters. The first kappa shape index (κ1) is 21.0. The zero-order valence-electron chi connectivity index (χ0n) is 17.8. The van der Waals surface area contributed by atoms with Crippen LogP contribution >= 0.6 is 11.8 Å². The molecule has 0 radical (unpaired) electrons. The molecule has 1 unspecified atom stereocenters. The van der Waals surface area contributed by atoms with Crippen molar-refractivity contribution in [2.24, 2.45) is 0 Å². The number of aromatic nitrogens is 4. The molecular formula is C25H24N4OS. The van der Waals surface area contributed by atoms with Gasteiger partial charge in [0.2, 0.25) is 0 Å². The first-order valence-electron chi connectivity index (χ1n) is 10.2. The number of thioether (sulfide) groups is 1. The smallest absolute Gasteiger partial charge is 0.192 e. The van der Waals surface area contributed by atoms with Crippen molar-refractivity contribution in [2.75, 3.05) is 0 Å². The predicted molar refractivity (Wildman–Crippen MR) is 124 cm³/mol. The van der Waals surface area contributed by atoms with Gasteiger partial charge in [0.05, 0.1) is 11.8 Å². The molecule has 0 amide bonds. The molecule has 0 saturated carbocycles. The van der Waals surface area contributed by atoms with Gasteiger partial charge >= 0.3 is 0 Å². The topological polar surface area (TPSA) is 60.7 Å². The van der Waals surface area contributed by atoms with E-state index < -0.39 is 0 Å². The summed E-state index contributed by atoms with van der Waals surface area (Å²) in [6, 6.07) is 20.0. The quantitative estimate of drug-likeness (QED) is 0.293. The molecule has 4 aromatic rings. The fourth-order valence-electron chi connectivity index (χ4n) is 3.42. The largest absolute Gasteiger partial charge is 0.297 e. The highest BCUT2D eigenvalue weighted by Gasteiger charge is 2.23. The first-order chi connectivity index (χ1) is 15.0. The van der Waals surface area contributed by atoms with Crippen LogP contribution in [-0.4, -0.2) is 30.8 Å². The van der Waals surface area contributed by atoms with E-state index in [9.17, 15) is 4.79 Å². The van der Waals surface area contributed by atoms with Crippen LogP contribution in [0.3, 0.4) is 0 Å². The van der Waals surface area contributed by atoms with Crippen molar-refractivity contribution in [3.8, 4) is 11.4 Å². The maximum Gasteiger partial charge on any atom is 0.192 e. The lowest BCUT2D eigenvalue weighted by Gasteiger charge is -2.14. The predicted octanol–water partition coefficient (Wildman–Crippen LogP) is 5.37. The standard InChI is InChI=1S/C25H24N4OS/c1-17-11-12-18(2)22(14-17)23(30)19(3)31-25-28-27-24(21-10-7-13-26-15-21)29(25)16-20-8-5-4-6-9-20/h4-15,19H,16H2,1-3H3. The molecule has 0 aliphatic heterocycles. The third-order valence-corrected chi connectivity index (χ3v) is 6.21. The van der Waals surface area contributed by atoms with Gasteiger partial charge in [-0.05, 0) is 50.1 Å². The van der Waals surface area contributed by atoms with Crippen LogP contribution in [0.25, 0.3) is 11.4 Å². The second kappa shape index (κ2) is 9.27. The molecule has 0 bridgehead atoms. The van der Waals surface area contributed by atoms with Gasteiger partial charge in [-0.1, -0.05) is 59.8 Å². The van der Waals surface area contributed by atoms with Crippen LogP contribution in [0, 0.1) is 13.8 Å². The molecule has 0 N–H and O–H groups in total. The minimum atomic E-state index is -0.291. The van der Waals surface area contributed by atoms with Gasteiger partial charge in [0, 0.05) is 23.5 Å². The summed E-state index contributed by atoms with van der Waals surface area (Å²) >= 11 is 1.44. The maximum absolute atomic E-state index is 13.2. The van der Waals surface area contributed by atoms with Gasteiger partial charge in [-0.15, -0.1) is 10.2 Å². The summed E-state index contributed by atoms with van der Waals surface area (Å²) in [7, 11) is 0. The summed E-state index contributed by atoms with van der Waals surface area (Å²) in [5.74, 6) is 0.842. The lowest BCUT2D eigenvalue weighted by molar-refractivity contribution is 0.0993. The van der Waals surface area contributed by atoms with Crippen LogP contribution in [0.1, 0.15) is 34.0 Å². The fraction of sp³-hybridized carbons (Fsp3) is 0.200. The Morgan fingerprint density at radius 3 is 2.58 bits per heavy atom. The minimum Gasteiger partial charge on any atom is -0.297 e. The molecule has 4 rings (SSSR count). The average molecular weight is 429 g/mol. The molecule has 0 spiro atoms. The van der Waals surface area contributed by atoms with Crippen molar-refractivity contribution in [1.82, 2.24) is 19.7 Å². The Hall–Kier alpha value is -3.25. The van der Waals surface area contributed by atoms with Crippen molar-refractivity contribution in [2.45, 2.75) is 37.7 Å². The number of aryl methyl sites for hydroxylation is 2. The van der Waals surface area contributed by atoms with E-state index in [0.717, 1.165) is 33.6 Å². The number of hydrogen-bond donors (Lipinski definition) is 0. The van der Waals surface area contributed by atoms with Gasteiger partial charge in [0.25, 0.3) is 0 Å². The monoisotopic (exact) mass is 428 g/mol. The molecule has 0 saturated heterocycles. The Labute approximate surface area is 186 Å². The number of pyridine rings is 1. The second-order valence-corrected chi connectivity index (χ2v) is 8.87. The maximum atomic E-state index is 13.2.